The maximum absolute atomic E-state index is 2.60. The first kappa shape index (κ1) is 33.5. The van der Waals surface area contributed by atoms with Crippen LogP contribution in [0.3, 0.4) is 0 Å². The molecule has 0 aliphatic heterocycles. The highest BCUT2D eigenvalue weighted by Gasteiger charge is 2.36. The van der Waals surface area contributed by atoms with E-state index in [1.165, 1.54) is 61.9 Å². The summed E-state index contributed by atoms with van der Waals surface area (Å²) < 4.78 is 0. The molecule has 2 heteroatoms. The normalized spacial score (nSPS) is 19.1. The Hall–Kier alpha value is -5.60. The summed E-state index contributed by atoms with van der Waals surface area (Å²) >= 11 is 0. The van der Waals surface area contributed by atoms with Crippen LogP contribution in [0.15, 0.2) is 192 Å². The van der Waals surface area contributed by atoms with Crippen molar-refractivity contribution in [1.29, 1.82) is 0 Å². The third kappa shape index (κ3) is 6.86. The Morgan fingerprint density at radius 2 is 1.25 bits per heavy atom. The molecule has 0 N–H and O–H groups in total. The van der Waals surface area contributed by atoms with Crippen molar-refractivity contribution in [2.75, 3.05) is 16.3 Å². The molecular formula is C50H48N2. The highest BCUT2D eigenvalue weighted by Crippen LogP contribution is 2.47. The van der Waals surface area contributed by atoms with Crippen LogP contribution >= 0.6 is 0 Å². The van der Waals surface area contributed by atoms with Crippen LogP contribution in [0.1, 0.15) is 50.3 Å². The summed E-state index contributed by atoms with van der Waals surface area (Å²) in [6, 6.07) is 50.2. The predicted molar refractivity (Wildman–Crippen MR) is 221 cm³/mol. The van der Waals surface area contributed by atoms with E-state index in [0.717, 1.165) is 25.8 Å². The summed E-state index contributed by atoms with van der Waals surface area (Å²) in [7, 11) is 0. The second-order valence-electron chi connectivity index (χ2n) is 15.1. The van der Waals surface area contributed by atoms with Gasteiger partial charge in [-0.25, -0.2) is 0 Å². The van der Waals surface area contributed by atoms with Gasteiger partial charge in [-0.05, 0) is 119 Å². The lowest BCUT2D eigenvalue weighted by molar-refractivity contribution is 0.560. The number of anilines is 4. The molecule has 3 aliphatic rings. The van der Waals surface area contributed by atoms with Gasteiger partial charge < -0.3 is 9.80 Å². The summed E-state index contributed by atoms with van der Waals surface area (Å²) in [6.07, 6.45) is 17.5. The smallest absolute Gasteiger partial charge is 0.0458 e. The van der Waals surface area contributed by atoms with Gasteiger partial charge in [-0.1, -0.05) is 142 Å². The Morgan fingerprint density at radius 1 is 0.673 bits per heavy atom. The third-order valence-corrected chi connectivity index (χ3v) is 11.2. The molecule has 5 aromatic rings. The first-order valence-corrected chi connectivity index (χ1v) is 18.9. The molecule has 0 saturated carbocycles. The minimum atomic E-state index is -0.0698. The number of hydrogen-bond acceptors (Lipinski definition) is 2. The van der Waals surface area contributed by atoms with Crippen LogP contribution in [0.25, 0.3) is 6.08 Å². The average Bonchev–Trinajstić information content (AvgIpc) is 3.19. The molecule has 0 spiro atoms. The van der Waals surface area contributed by atoms with Crippen LogP contribution in [-0.2, 0) is 11.8 Å². The average molecular weight is 677 g/mol. The van der Waals surface area contributed by atoms with Crippen molar-refractivity contribution < 1.29 is 0 Å². The fourth-order valence-electron chi connectivity index (χ4n) is 8.38. The molecular weight excluding hydrogens is 629 g/mol. The predicted octanol–water partition coefficient (Wildman–Crippen LogP) is 12.9. The lowest BCUT2D eigenvalue weighted by Crippen LogP contribution is -2.32. The fourth-order valence-corrected chi connectivity index (χ4v) is 8.38. The largest absolute Gasteiger partial charge is 0.341 e. The first-order chi connectivity index (χ1) is 25.4. The highest BCUT2D eigenvalue weighted by atomic mass is 15.2. The molecule has 0 bridgehead atoms. The standard InChI is InChI=1S/C50H48N2/c1-37-32-47(52(45-20-12-6-13-21-45)46-22-14-7-15-23-46)31-30-40(37)27-24-38-25-28-41-35-42-29-26-39(34-49(42)50(2,3)48(41)33-38)36-51(43-16-8-4-9-17-43)44-18-10-5-11-19-44/h4-25,27-31,33-34,37,39H,26,32,35-36H2,1-3H3/b27-24+. The summed E-state index contributed by atoms with van der Waals surface area (Å²) in [4.78, 5) is 4.88. The Bertz CT molecular complexity index is 2090. The van der Waals surface area contributed by atoms with Gasteiger partial charge in [-0.15, -0.1) is 0 Å². The minimum Gasteiger partial charge on any atom is -0.341 e. The van der Waals surface area contributed by atoms with Crippen LogP contribution in [-0.4, -0.2) is 6.54 Å². The Morgan fingerprint density at radius 3 is 1.83 bits per heavy atom. The summed E-state index contributed by atoms with van der Waals surface area (Å²) in [5, 5.41) is 0. The van der Waals surface area contributed by atoms with E-state index in [1.54, 1.807) is 0 Å². The van der Waals surface area contributed by atoms with Crippen molar-refractivity contribution in [2.24, 2.45) is 11.8 Å². The number of para-hydroxylation sites is 4. The van der Waals surface area contributed by atoms with Crippen LogP contribution in [0.5, 0.6) is 0 Å². The van der Waals surface area contributed by atoms with Crippen molar-refractivity contribution in [3.05, 3.63) is 209 Å². The first-order valence-electron chi connectivity index (χ1n) is 18.9. The van der Waals surface area contributed by atoms with Crippen molar-refractivity contribution in [1.82, 2.24) is 0 Å². The third-order valence-electron chi connectivity index (χ3n) is 11.2. The summed E-state index contributed by atoms with van der Waals surface area (Å²) in [5.41, 5.74) is 14.7. The molecule has 0 heterocycles. The van der Waals surface area contributed by atoms with E-state index in [-0.39, 0.29) is 5.41 Å². The number of rotatable bonds is 9. The van der Waals surface area contributed by atoms with Crippen LogP contribution in [0, 0.1) is 11.8 Å². The van der Waals surface area contributed by atoms with Crippen molar-refractivity contribution in [3.8, 4) is 0 Å². The zero-order valence-corrected chi connectivity index (χ0v) is 30.6. The van der Waals surface area contributed by atoms with E-state index in [1.807, 2.05) is 0 Å². The fraction of sp³-hybridized carbons (Fsp3) is 0.200. The lowest BCUT2D eigenvalue weighted by Gasteiger charge is -2.41. The van der Waals surface area contributed by atoms with E-state index in [4.69, 9.17) is 0 Å². The van der Waals surface area contributed by atoms with Gasteiger partial charge in [0.1, 0.15) is 0 Å². The SMILES string of the molecule is CC1CC(N(c2ccccc2)c2ccccc2)=CC=C1/C=C/c1ccc2c(c1)C(C)(C)C1=CC(CN(c3ccccc3)c3ccccc3)CC=C1C2. The molecule has 0 fully saturated rings. The van der Waals surface area contributed by atoms with Crippen molar-refractivity contribution >= 4 is 28.8 Å². The Labute approximate surface area is 310 Å². The number of fused-ring (bicyclic) bond motifs is 2. The van der Waals surface area contributed by atoms with Crippen LogP contribution in [0.4, 0.5) is 22.7 Å². The van der Waals surface area contributed by atoms with Crippen LogP contribution in [0.2, 0.25) is 0 Å². The second-order valence-corrected chi connectivity index (χ2v) is 15.1. The van der Waals surface area contributed by atoms with Gasteiger partial charge >= 0.3 is 0 Å². The van der Waals surface area contributed by atoms with Gasteiger partial charge in [0.25, 0.3) is 0 Å². The molecule has 0 aromatic heterocycles. The van der Waals surface area contributed by atoms with E-state index in [9.17, 15) is 0 Å². The van der Waals surface area contributed by atoms with Gasteiger partial charge in [-0.2, -0.15) is 0 Å². The van der Waals surface area contributed by atoms with Gasteiger partial charge in [0.05, 0.1) is 0 Å². The van der Waals surface area contributed by atoms with Gasteiger partial charge in [0, 0.05) is 40.4 Å². The maximum Gasteiger partial charge on any atom is 0.0458 e. The Balaban J connectivity index is 1.04. The maximum atomic E-state index is 2.60. The van der Waals surface area contributed by atoms with Crippen molar-refractivity contribution in [3.63, 3.8) is 0 Å². The molecule has 2 atom stereocenters. The number of benzene rings is 5. The number of allylic oxidation sites excluding steroid dienone is 8. The summed E-state index contributed by atoms with van der Waals surface area (Å²) in [6.45, 7) is 8.15. The highest BCUT2D eigenvalue weighted by molar-refractivity contribution is 5.70. The van der Waals surface area contributed by atoms with Gasteiger partial charge in [0.15, 0.2) is 0 Å². The van der Waals surface area contributed by atoms with E-state index >= 15 is 0 Å². The second kappa shape index (κ2) is 14.6. The van der Waals surface area contributed by atoms with E-state index < -0.39 is 0 Å². The molecule has 2 unspecified atom stereocenters. The monoisotopic (exact) mass is 676 g/mol. The minimum absolute atomic E-state index is 0.0698. The zero-order chi connectivity index (χ0) is 35.5. The van der Waals surface area contributed by atoms with Crippen LogP contribution < -0.4 is 9.80 Å². The van der Waals surface area contributed by atoms with Gasteiger partial charge in [-0.3, -0.25) is 0 Å². The van der Waals surface area contributed by atoms with E-state index in [0.29, 0.717) is 11.8 Å². The molecule has 0 amide bonds. The molecule has 0 radical (unpaired) electrons. The molecule has 3 aliphatic carbocycles. The quantitative estimate of drug-likeness (QED) is 0.153. The summed E-state index contributed by atoms with van der Waals surface area (Å²) in [5.74, 6) is 0.837. The Kier molecular flexibility index (Phi) is 9.39. The topological polar surface area (TPSA) is 6.48 Å². The molecule has 5 aromatic carbocycles. The lowest BCUT2D eigenvalue weighted by atomic mass is 9.64. The molecule has 8 rings (SSSR count). The molecule has 52 heavy (non-hydrogen) atoms. The van der Waals surface area contributed by atoms with E-state index in [2.05, 4.69) is 207 Å². The molecule has 2 nitrogen and oxygen atoms in total. The van der Waals surface area contributed by atoms with Crippen molar-refractivity contribution in [2.45, 2.75) is 45.4 Å². The number of hydrogen-bond donors (Lipinski definition) is 0. The molecule has 258 valence electrons. The van der Waals surface area contributed by atoms with Gasteiger partial charge in [0.2, 0.25) is 0 Å². The molecule has 0 saturated heterocycles. The number of nitrogens with zero attached hydrogens (tertiary/aromatic N) is 2. The zero-order valence-electron chi connectivity index (χ0n) is 30.6.